The molecule has 0 fully saturated rings. The van der Waals surface area contributed by atoms with Crippen LogP contribution in [0.5, 0.6) is 0 Å². The highest BCUT2D eigenvalue weighted by atomic mass is 16.3. The van der Waals surface area contributed by atoms with Gasteiger partial charge in [-0.3, -0.25) is 0 Å². The second-order valence-corrected chi connectivity index (χ2v) is 12.5. The normalized spacial score (nSPS) is 11.8. The van der Waals surface area contributed by atoms with Gasteiger partial charge >= 0.3 is 0 Å². The van der Waals surface area contributed by atoms with Crippen molar-refractivity contribution in [2.75, 3.05) is 4.90 Å². The Kier molecular flexibility index (Phi) is 5.91. The lowest BCUT2D eigenvalue weighted by Gasteiger charge is -2.25. The summed E-state index contributed by atoms with van der Waals surface area (Å²) < 4.78 is 6.58. The quantitative estimate of drug-likeness (QED) is 0.184. The lowest BCUT2D eigenvalue weighted by Crippen LogP contribution is -2.09. The fourth-order valence-corrected chi connectivity index (χ4v) is 7.56. The fraction of sp³-hybridized carbons (Fsp3) is 0. The van der Waals surface area contributed by atoms with Crippen molar-refractivity contribution in [3.63, 3.8) is 0 Å². The van der Waals surface area contributed by atoms with Crippen molar-refractivity contribution in [2.24, 2.45) is 0 Å². The predicted octanol–water partition coefficient (Wildman–Crippen LogP) is 13.3. The summed E-state index contributed by atoms with van der Waals surface area (Å²) in [5, 5.41) is 12.3. The van der Waals surface area contributed by atoms with Crippen molar-refractivity contribution in [3.8, 4) is 11.1 Å². The zero-order chi connectivity index (χ0) is 31.6. The van der Waals surface area contributed by atoms with E-state index in [4.69, 9.17) is 4.42 Å². The molecule has 0 N–H and O–H groups in total. The lowest BCUT2D eigenvalue weighted by molar-refractivity contribution is 0.672. The molecule has 2 nitrogen and oxygen atoms in total. The standard InChI is InChI=1S/C46H29NO/c1-2-11-34(12-3-1)47(36-25-28-41-43-27-21-31-10-5-7-14-39(31)46(43)48-44(41)29-36)35-23-19-32(20-24-35)37-15-8-16-42-40(37)26-22-33-18-17-30-9-4-6-13-38(30)45(33)42/h1-29H. The monoisotopic (exact) mass is 611 g/mol. The SMILES string of the molecule is c1ccc(N(c2ccc(-c3cccc4c3ccc3ccc5ccccc5c34)cc2)c2ccc3c(c2)oc2c4ccccc4ccc32)cc1. The van der Waals surface area contributed by atoms with Gasteiger partial charge in [0.1, 0.15) is 11.2 Å². The number of rotatable bonds is 4. The third kappa shape index (κ3) is 4.13. The van der Waals surface area contributed by atoms with Gasteiger partial charge in [0.05, 0.1) is 0 Å². The van der Waals surface area contributed by atoms with Gasteiger partial charge in [-0.2, -0.15) is 0 Å². The van der Waals surface area contributed by atoms with E-state index < -0.39 is 0 Å². The van der Waals surface area contributed by atoms with Crippen LogP contribution in [0.2, 0.25) is 0 Å². The maximum atomic E-state index is 6.58. The first-order valence-corrected chi connectivity index (χ1v) is 16.4. The first-order chi connectivity index (χ1) is 23.8. The van der Waals surface area contributed by atoms with E-state index in [1.807, 2.05) is 0 Å². The van der Waals surface area contributed by atoms with Gasteiger partial charge in [-0.15, -0.1) is 0 Å². The number of anilines is 3. The van der Waals surface area contributed by atoms with E-state index in [0.717, 1.165) is 44.4 Å². The van der Waals surface area contributed by atoms with E-state index >= 15 is 0 Å². The van der Waals surface area contributed by atoms with E-state index in [-0.39, 0.29) is 0 Å². The molecule has 48 heavy (non-hydrogen) atoms. The van der Waals surface area contributed by atoms with E-state index in [0.29, 0.717) is 0 Å². The number of nitrogens with zero attached hydrogens (tertiary/aromatic N) is 1. The van der Waals surface area contributed by atoms with Crippen LogP contribution in [0.3, 0.4) is 0 Å². The molecule has 10 aromatic rings. The summed E-state index contributed by atoms with van der Waals surface area (Å²) in [5.74, 6) is 0. The van der Waals surface area contributed by atoms with Crippen molar-refractivity contribution in [3.05, 3.63) is 176 Å². The molecule has 224 valence electrons. The Balaban J connectivity index is 1.10. The van der Waals surface area contributed by atoms with Crippen LogP contribution in [-0.2, 0) is 0 Å². The molecule has 2 heteroatoms. The van der Waals surface area contributed by atoms with Gasteiger partial charge in [-0.05, 0) is 91.3 Å². The summed E-state index contributed by atoms with van der Waals surface area (Å²) in [6, 6.07) is 63.2. The molecule has 0 radical (unpaired) electrons. The minimum Gasteiger partial charge on any atom is -0.455 e. The number of benzene rings is 9. The zero-order valence-corrected chi connectivity index (χ0v) is 26.1. The first kappa shape index (κ1) is 26.8. The van der Waals surface area contributed by atoms with Crippen LogP contribution in [0, 0.1) is 0 Å². The summed E-state index contributed by atoms with van der Waals surface area (Å²) in [5.41, 5.74) is 7.47. The molecule has 10 rings (SSSR count). The van der Waals surface area contributed by atoms with Crippen LogP contribution in [0.15, 0.2) is 180 Å². The van der Waals surface area contributed by atoms with Gasteiger partial charge < -0.3 is 9.32 Å². The summed E-state index contributed by atoms with van der Waals surface area (Å²) in [7, 11) is 0. The fourth-order valence-electron chi connectivity index (χ4n) is 7.56. The first-order valence-electron chi connectivity index (χ1n) is 16.4. The minimum atomic E-state index is 0.881. The van der Waals surface area contributed by atoms with Crippen LogP contribution in [0.1, 0.15) is 0 Å². The van der Waals surface area contributed by atoms with Crippen LogP contribution < -0.4 is 4.90 Å². The predicted molar refractivity (Wildman–Crippen MR) is 204 cm³/mol. The van der Waals surface area contributed by atoms with E-state index in [1.54, 1.807) is 0 Å². The molecule has 0 bridgehead atoms. The Morgan fingerprint density at radius 3 is 1.81 bits per heavy atom. The summed E-state index contributed by atoms with van der Waals surface area (Å²) >= 11 is 0. The summed E-state index contributed by atoms with van der Waals surface area (Å²) in [4.78, 5) is 2.30. The third-order valence-electron chi connectivity index (χ3n) is 9.82. The molecule has 0 atom stereocenters. The van der Waals surface area contributed by atoms with Crippen LogP contribution >= 0.6 is 0 Å². The van der Waals surface area contributed by atoms with Crippen LogP contribution in [-0.4, -0.2) is 0 Å². The topological polar surface area (TPSA) is 16.4 Å². The van der Waals surface area contributed by atoms with Gasteiger partial charge in [0.15, 0.2) is 0 Å². The molecular weight excluding hydrogens is 583 g/mol. The second kappa shape index (κ2) is 10.6. The summed E-state index contributed by atoms with van der Waals surface area (Å²) in [6.07, 6.45) is 0. The van der Waals surface area contributed by atoms with Crippen molar-refractivity contribution < 1.29 is 4.42 Å². The van der Waals surface area contributed by atoms with Crippen LogP contribution in [0.4, 0.5) is 17.1 Å². The highest BCUT2D eigenvalue weighted by Crippen LogP contribution is 2.41. The van der Waals surface area contributed by atoms with Crippen molar-refractivity contribution >= 4 is 82.1 Å². The van der Waals surface area contributed by atoms with Crippen molar-refractivity contribution in [1.29, 1.82) is 0 Å². The Labute approximate surface area is 277 Å². The number of para-hydroxylation sites is 1. The van der Waals surface area contributed by atoms with Crippen molar-refractivity contribution in [2.45, 2.75) is 0 Å². The highest BCUT2D eigenvalue weighted by Gasteiger charge is 2.17. The number of hydrogen-bond donors (Lipinski definition) is 0. The van der Waals surface area contributed by atoms with Gasteiger partial charge in [0.25, 0.3) is 0 Å². The average Bonchev–Trinajstić information content (AvgIpc) is 3.54. The Hall–Kier alpha value is -6.38. The highest BCUT2D eigenvalue weighted by molar-refractivity contribution is 6.22. The van der Waals surface area contributed by atoms with Crippen molar-refractivity contribution in [1.82, 2.24) is 0 Å². The maximum absolute atomic E-state index is 6.58. The molecule has 0 unspecified atom stereocenters. The molecule has 0 spiro atoms. The van der Waals surface area contributed by atoms with Gasteiger partial charge in [-0.1, -0.05) is 127 Å². The third-order valence-corrected chi connectivity index (χ3v) is 9.82. The average molecular weight is 612 g/mol. The lowest BCUT2D eigenvalue weighted by atomic mass is 9.92. The Bertz CT molecular complexity index is 2830. The van der Waals surface area contributed by atoms with Gasteiger partial charge in [0.2, 0.25) is 0 Å². The number of furan rings is 1. The van der Waals surface area contributed by atoms with E-state index in [1.165, 1.54) is 48.8 Å². The molecule has 0 aliphatic carbocycles. The molecular formula is C46H29NO. The minimum absolute atomic E-state index is 0.881. The largest absolute Gasteiger partial charge is 0.455 e. The zero-order valence-electron chi connectivity index (χ0n) is 26.1. The molecule has 9 aromatic carbocycles. The van der Waals surface area contributed by atoms with Gasteiger partial charge in [0, 0.05) is 39.3 Å². The number of hydrogen-bond acceptors (Lipinski definition) is 2. The van der Waals surface area contributed by atoms with E-state index in [9.17, 15) is 0 Å². The molecule has 0 aliphatic heterocycles. The van der Waals surface area contributed by atoms with Crippen LogP contribution in [0.25, 0.3) is 76.2 Å². The second-order valence-electron chi connectivity index (χ2n) is 12.5. The Morgan fingerprint density at radius 1 is 0.354 bits per heavy atom. The molecule has 1 heterocycles. The number of fused-ring (bicyclic) bond motifs is 10. The van der Waals surface area contributed by atoms with Gasteiger partial charge in [-0.25, -0.2) is 0 Å². The molecule has 0 aliphatic rings. The smallest absolute Gasteiger partial charge is 0.143 e. The maximum Gasteiger partial charge on any atom is 0.143 e. The molecule has 0 saturated heterocycles. The summed E-state index contributed by atoms with van der Waals surface area (Å²) in [6.45, 7) is 0. The molecule has 0 amide bonds. The van der Waals surface area contributed by atoms with E-state index in [2.05, 4.69) is 181 Å². The molecule has 0 saturated carbocycles. The molecule has 1 aromatic heterocycles. The Morgan fingerprint density at radius 2 is 0.958 bits per heavy atom.